The zero-order valence-electron chi connectivity index (χ0n) is 23.4. The Morgan fingerprint density at radius 3 is 2.39 bits per heavy atom. The molecular formula is C28H36N6O7. The summed E-state index contributed by atoms with van der Waals surface area (Å²) >= 11 is 0. The average molecular weight is 569 g/mol. The second kappa shape index (κ2) is 13.7. The van der Waals surface area contributed by atoms with Gasteiger partial charge in [0.05, 0.1) is 18.5 Å². The molecule has 5 N–H and O–H groups in total. The van der Waals surface area contributed by atoms with Crippen molar-refractivity contribution >= 4 is 46.8 Å². The van der Waals surface area contributed by atoms with Gasteiger partial charge in [-0.2, -0.15) is 0 Å². The Balaban J connectivity index is 1.86. The van der Waals surface area contributed by atoms with Crippen molar-refractivity contribution in [2.24, 2.45) is 5.92 Å². The van der Waals surface area contributed by atoms with E-state index in [2.05, 4.69) is 26.3 Å². The van der Waals surface area contributed by atoms with E-state index in [0.717, 1.165) is 5.39 Å². The Hall–Kier alpha value is -4.55. The topological polar surface area (TPSA) is 187 Å². The van der Waals surface area contributed by atoms with Crippen LogP contribution < -0.4 is 21.3 Å². The van der Waals surface area contributed by atoms with Gasteiger partial charge < -0.3 is 36.1 Å². The van der Waals surface area contributed by atoms with E-state index in [1.807, 2.05) is 12.1 Å². The Bertz CT molecular complexity index is 1310. The molecule has 0 aliphatic carbocycles. The molecule has 13 heteroatoms. The fourth-order valence-electron chi connectivity index (χ4n) is 4.72. The minimum atomic E-state index is -1.30. The van der Waals surface area contributed by atoms with Crippen molar-refractivity contribution in [3.8, 4) is 0 Å². The second-order valence-corrected chi connectivity index (χ2v) is 10.6. The van der Waals surface area contributed by atoms with Crippen molar-refractivity contribution in [2.75, 3.05) is 6.54 Å². The molecule has 2 heterocycles. The van der Waals surface area contributed by atoms with E-state index < -0.39 is 66.2 Å². The van der Waals surface area contributed by atoms with E-state index in [4.69, 9.17) is 5.11 Å². The predicted molar refractivity (Wildman–Crippen MR) is 149 cm³/mol. The minimum Gasteiger partial charge on any atom is -0.481 e. The average Bonchev–Trinajstić information content (AvgIpc) is 3.33. The molecule has 0 bridgehead atoms. The highest BCUT2D eigenvalue weighted by Gasteiger charge is 2.43. The maximum Gasteiger partial charge on any atom is 0.315 e. The van der Waals surface area contributed by atoms with Gasteiger partial charge in [0.2, 0.25) is 11.8 Å². The van der Waals surface area contributed by atoms with Crippen LogP contribution in [0.3, 0.4) is 0 Å². The quantitative estimate of drug-likeness (QED) is 0.247. The lowest BCUT2D eigenvalue weighted by Gasteiger charge is -2.30. The number of urea groups is 1. The van der Waals surface area contributed by atoms with Gasteiger partial charge in [0.25, 0.3) is 5.91 Å². The lowest BCUT2D eigenvalue weighted by atomic mass is 10.0. The number of carbonyl (C=O) groups is 6. The molecule has 4 atom stereocenters. The molecule has 0 saturated carbocycles. The SMILES string of the molecule is CC(C)NC(=O)N[C@@H]1C[C@@H](C(=O)N[C@H](C=O)CC(=O)O)N(C(=O)[C@@H](NC(=O)c2nccc3ccccc23)C(C)C)C1. The Labute approximate surface area is 237 Å². The van der Waals surface area contributed by atoms with Crippen molar-refractivity contribution in [1.82, 2.24) is 31.2 Å². The first kappa shape index (κ1) is 31.0. The molecular weight excluding hydrogens is 532 g/mol. The molecule has 1 aliphatic heterocycles. The molecule has 1 aliphatic rings. The van der Waals surface area contributed by atoms with Gasteiger partial charge in [0, 0.05) is 24.2 Å². The number of likely N-dealkylation sites (tertiary alicyclic amines) is 1. The van der Waals surface area contributed by atoms with Gasteiger partial charge >= 0.3 is 12.0 Å². The number of hydrogen-bond acceptors (Lipinski definition) is 7. The van der Waals surface area contributed by atoms with Gasteiger partial charge in [-0.05, 0) is 37.6 Å². The highest BCUT2D eigenvalue weighted by Crippen LogP contribution is 2.23. The summed E-state index contributed by atoms with van der Waals surface area (Å²) in [6.07, 6.45) is 1.21. The van der Waals surface area contributed by atoms with E-state index in [1.54, 1.807) is 45.9 Å². The monoisotopic (exact) mass is 568 g/mol. The van der Waals surface area contributed by atoms with Gasteiger partial charge in [0.1, 0.15) is 24.1 Å². The van der Waals surface area contributed by atoms with Crippen LogP contribution in [0.25, 0.3) is 10.8 Å². The molecule has 0 radical (unpaired) electrons. The fraction of sp³-hybridized carbons (Fsp3) is 0.464. The molecule has 13 nitrogen and oxygen atoms in total. The molecule has 220 valence electrons. The highest BCUT2D eigenvalue weighted by molar-refractivity contribution is 6.06. The number of carbonyl (C=O) groups excluding carboxylic acids is 5. The van der Waals surface area contributed by atoms with E-state index in [-0.39, 0.29) is 24.7 Å². The number of carboxylic acid groups (broad SMARTS) is 1. The summed E-state index contributed by atoms with van der Waals surface area (Å²) < 4.78 is 0. The Morgan fingerprint density at radius 1 is 1.05 bits per heavy atom. The number of pyridine rings is 1. The third-order valence-corrected chi connectivity index (χ3v) is 6.64. The summed E-state index contributed by atoms with van der Waals surface area (Å²) in [6.45, 7) is 7.00. The van der Waals surface area contributed by atoms with Crippen molar-refractivity contribution in [1.29, 1.82) is 0 Å². The molecule has 0 unspecified atom stereocenters. The number of benzene rings is 1. The van der Waals surface area contributed by atoms with E-state index in [0.29, 0.717) is 11.7 Å². The number of aromatic nitrogens is 1. The van der Waals surface area contributed by atoms with Crippen LogP contribution in [0.15, 0.2) is 36.5 Å². The van der Waals surface area contributed by atoms with Crippen LogP contribution in [-0.2, 0) is 19.2 Å². The molecule has 2 aromatic rings. The number of fused-ring (bicyclic) bond motifs is 1. The van der Waals surface area contributed by atoms with Crippen molar-refractivity contribution < 1.29 is 33.9 Å². The fourth-order valence-corrected chi connectivity index (χ4v) is 4.72. The summed E-state index contributed by atoms with van der Waals surface area (Å²) in [5.41, 5.74) is 0.143. The number of nitrogens with one attached hydrogen (secondary N) is 4. The summed E-state index contributed by atoms with van der Waals surface area (Å²) in [5, 5.41) is 21.0. The molecule has 1 saturated heterocycles. The first-order valence-corrected chi connectivity index (χ1v) is 13.4. The number of hydrogen-bond donors (Lipinski definition) is 5. The second-order valence-electron chi connectivity index (χ2n) is 10.6. The zero-order chi connectivity index (χ0) is 30.3. The molecule has 5 amide bonds. The van der Waals surface area contributed by atoms with Crippen molar-refractivity contribution in [3.63, 3.8) is 0 Å². The summed E-state index contributed by atoms with van der Waals surface area (Å²) in [7, 11) is 0. The van der Waals surface area contributed by atoms with Crippen LogP contribution in [0, 0.1) is 5.92 Å². The maximum absolute atomic E-state index is 13.9. The number of aldehydes is 1. The third-order valence-electron chi connectivity index (χ3n) is 6.64. The first-order valence-electron chi connectivity index (χ1n) is 13.4. The van der Waals surface area contributed by atoms with Gasteiger partial charge in [-0.25, -0.2) is 4.79 Å². The predicted octanol–water partition coefficient (Wildman–Crippen LogP) is 0.825. The van der Waals surface area contributed by atoms with Crippen LogP contribution in [0.5, 0.6) is 0 Å². The lowest BCUT2D eigenvalue weighted by Crippen LogP contribution is -2.56. The Morgan fingerprint density at radius 2 is 1.76 bits per heavy atom. The number of carboxylic acids is 1. The van der Waals surface area contributed by atoms with E-state index >= 15 is 0 Å². The minimum absolute atomic E-state index is 0.0192. The summed E-state index contributed by atoms with van der Waals surface area (Å²) in [5.74, 6) is -3.55. The molecule has 3 rings (SSSR count). The molecule has 1 aromatic carbocycles. The lowest BCUT2D eigenvalue weighted by molar-refractivity contribution is -0.142. The smallest absolute Gasteiger partial charge is 0.315 e. The van der Waals surface area contributed by atoms with Gasteiger partial charge in [-0.3, -0.25) is 24.2 Å². The van der Waals surface area contributed by atoms with Gasteiger partial charge in [0.15, 0.2) is 0 Å². The van der Waals surface area contributed by atoms with E-state index in [9.17, 15) is 28.8 Å². The summed E-state index contributed by atoms with van der Waals surface area (Å²) in [4.78, 5) is 80.7. The number of amides is 5. The number of aliphatic carboxylic acids is 1. The largest absolute Gasteiger partial charge is 0.481 e. The van der Waals surface area contributed by atoms with Crippen LogP contribution in [0.1, 0.15) is 51.0 Å². The van der Waals surface area contributed by atoms with Crippen LogP contribution in [0.2, 0.25) is 0 Å². The van der Waals surface area contributed by atoms with Crippen LogP contribution in [-0.4, -0.2) is 87.8 Å². The maximum atomic E-state index is 13.9. The van der Waals surface area contributed by atoms with E-state index in [1.165, 1.54) is 11.1 Å². The van der Waals surface area contributed by atoms with Crippen molar-refractivity contribution in [3.05, 3.63) is 42.2 Å². The van der Waals surface area contributed by atoms with Crippen LogP contribution >= 0.6 is 0 Å². The molecule has 41 heavy (non-hydrogen) atoms. The normalized spacial score (nSPS) is 18.0. The zero-order valence-corrected chi connectivity index (χ0v) is 23.4. The highest BCUT2D eigenvalue weighted by atomic mass is 16.4. The first-order chi connectivity index (χ1) is 19.4. The Kier molecular flexibility index (Phi) is 10.3. The summed E-state index contributed by atoms with van der Waals surface area (Å²) in [6, 6.07) is 4.24. The number of rotatable bonds is 11. The molecule has 0 spiro atoms. The van der Waals surface area contributed by atoms with Crippen LogP contribution in [0.4, 0.5) is 4.79 Å². The standard InChI is InChI=1S/C28H36N6O7/c1-15(2)23(33-26(39)24-20-8-6-5-7-17(20)9-10-29-24)27(40)34-13-18(32-28(41)30-16(3)4)11-21(34)25(38)31-19(14-35)12-22(36)37/h5-10,14-16,18-19,21,23H,11-13H2,1-4H3,(H,31,38)(H,33,39)(H,36,37)(H2,30,32,41)/t18-,19+,21+,23+/m1/s1. The number of nitrogens with zero attached hydrogens (tertiary/aromatic N) is 2. The van der Waals surface area contributed by atoms with Gasteiger partial charge in [-0.15, -0.1) is 0 Å². The van der Waals surface area contributed by atoms with Gasteiger partial charge in [-0.1, -0.05) is 38.1 Å². The molecule has 1 fully saturated rings. The third kappa shape index (κ3) is 7.99. The van der Waals surface area contributed by atoms with Crippen molar-refractivity contribution in [2.45, 2.75) is 70.7 Å². The molecule has 1 aromatic heterocycles.